The van der Waals surface area contributed by atoms with Gasteiger partial charge in [-0.05, 0) is 23.6 Å². The number of hydrogen-bond acceptors (Lipinski definition) is 2. The summed E-state index contributed by atoms with van der Waals surface area (Å²) in [4.78, 5) is 0. The van der Waals surface area contributed by atoms with Gasteiger partial charge < -0.3 is 10.1 Å². The van der Waals surface area contributed by atoms with E-state index in [1.165, 1.54) is 16.7 Å². The van der Waals surface area contributed by atoms with E-state index in [4.69, 9.17) is 4.74 Å². The first-order valence-electron chi connectivity index (χ1n) is 6.34. The van der Waals surface area contributed by atoms with Gasteiger partial charge in [0.15, 0.2) is 0 Å². The van der Waals surface area contributed by atoms with Crippen molar-refractivity contribution in [2.45, 2.75) is 12.5 Å². The molecule has 1 atom stereocenters. The zero-order valence-electron chi connectivity index (χ0n) is 10.5. The highest BCUT2D eigenvalue weighted by Crippen LogP contribution is 2.33. The normalized spacial score (nSPS) is 18.2. The summed E-state index contributed by atoms with van der Waals surface area (Å²) in [6.07, 6.45) is 1.03. The van der Waals surface area contributed by atoms with Gasteiger partial charge in [-0.3, -0.25) is 0 Å². The van der Waals surface area contributed by atoms with Gasteiger partial charge in [0, 0.05) is 12.1 Å². The molecule has 0 spiro atoms. The van der Waals surface area contributed by atoms with Gasteiger partial charge in [-0.15, -0.1) is 0 Å². The first-order chi connectivity index (χ1) is 8.90. The van der Waals surface area contributed by atoms with Gasteiger partial charge in [0.25, 0.3) is 0 Å². The number of methoxy groups -OCH3 is 1. The number of ether oxygens (including phenoxy) is 1. The highest BCUT2D eigenvalue weighted by atomic mass is 16.5. The molecule has 0 saturated carbocycles. The Morgan fingerprint density at radius 2 is 1.89 bits per heavy atom. The fourth-order valence-corrected chi connectivity index (χ4v) is 2.71. The zero-order chi connectivity index (χ0) is 12.4. The van der Waals surface area contributed by atoms with Gasteiger partial charge in [-0.25, -0.2) is 0 Å². The van der Waals surface area contributed by atoms with E-state index in [-0.39, 0.29) is 6.04 Å². The van der Waals surface area contributed by atoms with Crippen LogP contribution >= 0.6 is 0 Å². The minimum atomic E-state index is 0.282. The predicted octanol–water partition coefficient (Wildman–Crippen LogP) is 2.93. The molecule has 18 heavy (non-hydrogen) atoms. The van der Waals surface area contributed by atoms with Gasteiger partial charge >= 0.3 is 0 Å². The van der Waals surface area contributed by atoms with Crippen LogP contribution < -0.4 is 10.1 Å². The smallest absolute Gasteiger partial charge is 0.122 e. The molecule has 3 rings (SSSR count). The van der Waals surface area contributed by atoms with Crippen LogP contribution in [0.4, 0.5) is 0 Å². The van der Waals surface area contributed by atoms with Crippen LogP contribution in [-0.4, -0.2) is 13.7 Å². The van der Waals surface area contributed by atoms with Crippen LogP contribution in [0.5, 0.6) is 5.75 Å². The average Bonchev–Trinajstić information content (AvgIpc) is 2.47. The number of fused-ring (bicyclic) bond motifs is 1. The van der Waals surface area contributed by atoms with E-state index in [1.807, 2.05) is 6.07 Å². The molecule has 0 amide bonds. The molecule has 0 radical (unpaired) electrons. The average molecular weight is 239 g/mol. The molecular weight excluding hydrogens is 222 g/mol. The third-order valence-corrected chi connectivity index (χ3v) is 3.56. The number of nitrogens with one attached hydrogen (secondary N) is 1. The topological polar surface area (TPSA) is 21.3 Å². The summed E-state index contributed by atoms with van der Waals surface area (Å²) in [5, 5.41) is 3.59. The van der Waals surface area contributed by atoms with Crippen molar-refractivity contribution in [1.82, 2.24) is 5.32 Å². The molecule has 92 valence electrons. The van der Waals surface area contributed by atoms with Crippen LogP contribution in [0.15, 0.2) is 48.5 Å². The van der Waals surface area contributed by atoms with E-state index in [2.05, 4.69) is 47.8 Å². The molecular formula is C16H17NO. The maximum atomic E-state index is 5.47. The van der Waals surface area contributed by atoms with E-state index in [0.29, 0.717) is 0 Å². The van der Waals surface area contributed by atoms with E-state index in [0.717, 1.165) is 18.7 Å². The van der Waals surface area contributed by atoms with Crippen LogP contribution in [0.1, 0.15) is 22.7 Å². The fourth-order valence-electron chi connectivity index (χ4n) is 2.71. The van der Waals surface area contributed by atoms with Crippen molar-refractivity contribution in [3.8, 4) is 5.75 Å². The highest BCUT2D eigenvalue weighted by molar-refractivity contribution is 5.47. The molecule has 1 heterocycles. The lowest BCUT2D eigenvalue weighted by Crippen LogP contribution is -2.30. The summed E-state index contributed by atoms with van der Waals surface area (Å²) >= 11 is 0. The summed E-state index contributed by atoms with van der Waals surface area (Å²) in [5.41, 5.74) is 3.99. The van der Waals surface area contributed by atoms with Crippen LogP contribution in [0, 0.1) is 0 Å². The molecule has 1 aliphatic heterocycles. The molecule has 1 N–H and O–H groups in total. The summed E-state index contributed by atoms with van der Waals surface area (Å²) in [6.45, 7) is 0.993. The van der Waals surface area contributed by atoms with Gasteiger partial charge in [0.2, 0.25) is 0 Å². The summed E-state index contributed by atoms with van der Waals surface area (Å²) in [5.74, 6) is 1.01. The Kier molecular flexibility index (Phi) is 3.03. The van der Waals surface area contributed by atoms with E-state index in [9.17, 15) is 0 Å². The third kappa shape index (κ3) is 1.89. The second kappa shape index (κ2) is 4.83. The number of benzene rings is 2. The molecule has 0 saturated heterocycles. The van der Waals surface area contributed by atoms with E-state index >= 15 is 0 Å². The van der Waals surface area contributed by atoms with Crippen LogP contribution in [0.25, 0.3) is 0 Å². The van der Waals surface area contributed by atoms with Crippen molar-refractivity contribution in [3.05, 3.63) is 65.2 Å². The Morgan fingerprint density at radius 1 is 1.06 bits per heavy atom. The fraction of sp³-hybridized carbons (Fsp3) is 0.250. The second-order valence-electron chi connectivity index (χ2n) is 4.58. The molecule has 0 unspecified atom stereocenters. The van der Waals surface area contributed by atoms with Crippen molar-refractivity contribution in [1.29, 1.82) is 0 Å². The molecule has 2 aromatic rings. The first-order valence-corrected chi connectivity index (χ1v) is 6.34. The number of hydrogen-bond donors (Lipinski definition) is 1. The van der Waals surface area contributed by atoms with Gasteiger partial charge in [0.1, 0.15) is 5.75 Å². The maximum absolute atomic E-state index is 5.47. The molecule has 2 heteroatoms. The molecule has 0 aliphatic carbocycles. The minimum absolute atomic E-state index is 0.282. The van der Waals surface area contributed by atoms with Crippen LogP contribution in [0.2, 0.25) is 0 Å². The standard InChI is InChI=1S/C16H17NO/c1-18-15-9-5-8-14-13(15)10-11-17-16(14)12-6-3-2-4-7-12/h2-9,16-17H,10-11H2,1H3/t16-/m1/s1. The monoisotopic (exact) mass is 239 g/mol. The summed E-state index contributed by atoms with van der Waals surface area (Å²) < 4.78 is 5.47. The summed E-state index contributed by atoms with van der Waals surface area (Å²) in [6, 6.07) is 17.2. The Bertz CT molecular complexity index is 536. The molecule has 2 nitrogen and oxygen atoms in total. The highest BCUT2D eigenvalue weighted by Gasteiger charge is 2.23. The maximum Gasteiger partial charge on any atom is 0.122 e. The Labute approximate surface area is 108 Å². The number of rotatable bonds is 2. The lowest BCUT2D eigenvalue weighted by Gasteiger charge is -2.28. The predicted molar refractivity (Wildman–Crippen MR) is 73.0 cm³/mol. The van der Waals surface area contributed by atoms with Crippen molar-refractivity contribution >= 4 is 0 Å². The van der Waals surface area contributed by atoms with Crippen molar-refractivity contribution in [2.24, 2.45) is 0 Å². The lowest BCUT2D eigenvalue weighted by atomic mass is 9.89. The van der Waals surface area contributed by atoms with Gasteiger partial charge in [-0.2, -0.15) is 0 Å². The molecule has 1 aliphatic rings. The minimum Gasteiger partial charge on any atom is -0.496 e. The lowest BCUT2D eigenvalue weighted by molar-refractivity contribution is 0.403. The molecule has 2 aromatic carbocycles. The SMILES string of the molecule is COc1cccc2c1CCN[C@@H]2c1ccccc1. The zero-order valence-corrected chi connectivity index (χ0v) is 10.5. The quantitative estimate of drug-likeness (QED) is 0.870. The molecule has 0 bridgehead atoms. The summed E-state index contributed by atoms with van der Waals surface area (Å²) in [7, 11) is 1.75. The Hall–Kier alpha value is -1.80. The van der Waals surface area contributed by atoms with E-state index in [1.54, 1.807) is 7.11 Å². The molecule has 0 fully saturated rings. The van der Waals surface area contributed by atoms with Crippen molar-refractivity contribution < 1.29 is 4.74 Å². The largest absolute Gasteiger partial charge is 0.496 e. The van der Waals surface area contributed by atoms with Crippen LogP contribution in [0.3, 0.4) is 0 Å². The Morgan fingerprint density at radius 3 is 2.67 bits per heavy atom. The van der Waals surface area contributed by atoms with Crippen molar-refractivity contribution in [3.63, 3.8) is 0 Å². The Balaban J connectivity index is 2.07. The van der Waals surface area contributed by atoms with Crippen LogP contribution in [-0.2, 0) is 6.42 Å². The van der Waals surface area contributed by atoms with Gasteiger partial charge in [-0.1, -0.05) is 42.5 Å². The third-order valence-electron chi connectivity index (χ3n) is 3.56. The molecule has 0 aromatic heterocycles. The first kappa shape index (κ1) is 11.3. The van der Waals surface area contributed by atoms with E-state index < -0.39 is 0 Å². The second-order valence-corrected chi connectivity index (χ2v) is 4.58. The van der Waals surface area contributed by atoms with Crippen molar-refractivity contribution in [2.75, 3.05) is 13.7 Å². The van der Waals surface area contributed by atoms with Gasteiger partial charge in [0.05, 0.1) is 13.2 Å².